The molecule has 6 heteroatoms. The van der Waals surface area contributed by atoms with Gasteiger partial charge in [-0.25, -0.2) is 5.43 Å². The van der Waals surface area contributed by atoms with Gasteiger partial charge in [0.2, 0.25) is 0 Å². The predicted molar refractivity (Wildman–Crippen MR) is 87.1 cm³/mol. The monoisotopic (exact) mass is 314 g/mol. The highest BCUT2D eigenvalue weighted by Crippen LogP contribution is 2.25. The van der Waals surface area contributed by atoms with E-state index in [0.717, 1.165) is 5.56 Å². The fraction of sp³-hybridized carbons (Fsp3) is 0.176. The number of rotatable bonds is 6. The van der Waals surface area contributed by atoms with Crippen LogP contribution in [0.5, 0.6) is 17.2 Å². The summed E-state index contributed by atoms with van der Waals surface area (Å²) in [6.45, 7) is 1.78. The fourth-order valence-electron chi connectivity index (χ4n) is 1.86. The SMILES string of the molecule is COc1ccc(C=NNC(=O)COc2ccccc2C)cc1O. The minimum atomic E-state index is -0.373. The number of benzene rings is 2. The van der Waals surface area contributed by atoms with Crippen molar-refractivity contribution in [1.29, 1.82) is 0 Å². The Morgan fingerprint density at radius 3 is 2.74 bits per heavy atom. The van der Waals surface area contributed by atoms with Gasteiger partial charge in [-0.05, 0) is 42.3 Å². The van der Waals surface area contributed by atoms with Gasteiger partial charge in [-0.15, -0.1) is 0 Å². The number of hydrazone groups is 1. The van der Waals surface area contributed by atoms with Crippen molar-refractivity contribution in [3.63, 3.8) is 0 Å². The second-order valence-electron chi connectivity index (χ2n) is 4.78. The molecule has 2 aromatic rings. The van der Waals surface area contributed by atoms with Gasteiger partial charge in [0.15, 0.2) is 18.1 Å². The number of ether oxygens (including phenoxy) is 2. The summed E-state index contributed by atoms with van der Waals surface area (Å²) in [5.74, 6) is 0.664. The van der Waals surface area contributed by atoms with Crippen LogP contribution in [0.25, 0.3) is 0 Å². The molecule has 0 atom stereocenters. The van der Waals surface area contributed by atoms with Gasteiger partial charge in [-0.1, -0.05) is 18.2 Å². The number of methoxy groups -OCH3 is 1. The third kappa shape index (κ3) is 4.74. The van der Waals surface area contributed by atoms with Crippen molar-refractivity contribution in [3.8, 4) is 17.2 Å². The minimum Gasteiger partial charge on any atom is -0.504 e. The Labute approximate surface area is 134 Å². The van der Waals surface area contributed by atoms with Gasteiger partial charge in [0, 0.05) is 0 Å². The second kappa shape index (κ2) is 7.84. The summed E-state index contributed by atoms with van der Waals surface area (Å²) >= 11 is 0. The number of nitrogens with one attached hydrogen (secondary N) is 1. The Balaban J connectivity index is 1.84. The van der Waals surface area contributed by atoms with E-state index in [1.54, 1.807) is 18.2 Å². The highest BCUT2D eigenvalue weighted by molar-refractivity contribution is 5.83. The number of phenolic OH excluding ortho intramolecular Hbond substituents is 1. The topological polar surface area (TPSA) is 80.2 Å². The summed E-state index contributed by atoms with van der Waals surface area (Å²) in [5, 5.41) is 13.5. The molecule has 0 unspecified atom stereocenters. The number of hydrogen-bond donors (Lipinski definition) is 2. The van der Waals surface area contributed by atoms with Crippen LogP contribution in [-0.2, 0) is 4.79 Å². The van der Waals surface area contributed by atoms with Gasteiger partial charge in [0.05, 0.1) is 13.3 Å². The molecular weight excluding hydrogens is 296 g/mol. The number of carbonyl (C=O) groups is 1. The maximum Gasteiger partial charge on any atom is 0.277 e. The van der Waals surface area contributed by atoms with Crippen molar-refractivity contribution in [2.75, 3.05) is 13.7 Å². The van der Waals surface area contributed by atoms with Gasteiger partial charge in [0.1, 0.15) is 5.75 Å². The summed E-state index contributed by atoms with van der Waals surface area (Å²) in [6.07, 6.45) is 1.42. The third-order valence-corrected chi connectivity index (χ3v) is 3.06. The molecule has 2 rings (SSSR count). The lowest BCUT2D eigenvalue weighted by molar-refractivity contribution is -0.123. The van der Waals surface area contributed by atoms with Gasteiger partial charge in [-0.2, -0.15) is 5.10 Å². The summed E-state index contributed by atoms with van der Waals surface area (Å²) in [7, 11) is 1.47. The molecule has 0 spiro atoms. The van der Waals surface area contributed by atoms with E-state index >= 15 is 0 Å². The van der Waals surface area contributed by atoms with Crippen LogP contribution in [-0.4, -0.2) is 30.9 Å². The first kappa shape index (κ1) is 16.4. The quantitative estimate of drug-likeness (QED) is 0.633. The van der Waals surface area contributed by atoms with Crippen LogP contribution in [0.1, 0.15) is 11.1 Å². The van der Waals surface area contributed by atoms with Crippen molar-refractivity contribution in [3.05, 3.63) is 53.6 Å². The maximum atomic E-state index is 11.7. The average molecular weight is 314 g/mol. The summed E-state index contributed by atoms with van der Waals surface area (Å²) in [4.78, 5) is 11.7. The molecule has 0 fully saturated rings. The number of amides is 1. The molecule has 120 valence electrons. The molecule has 0 heterocycles. The number of nitrogens with zero attached hydrogens (tertiary/aromatic N) is 1. The highest BCUT2D eigenvalue weighted by atomic mass is 16.5. The Kier molecular flexibility index (Phi) is 5.57. The van der Waals surface area contributed by atoms with Crippen molar-refractivity contribution >= 4 is 12.1 Å². The molecule has 0 aromatic heterocycles. The predicted octanol–water partition coefficient (Wildman–Crippen LogP) is 2.24. The molecule has 0 aliphatic rings. The van der Waals surface area contributed by atoms with Gasteiger partial charge in [-0.3, -0.25) is 4.79 Å². The van der Waals surface area contributed by atoms with Crippen molar-refractivity contribution in [1.82, 2.24) is 5.43 Å². The van der Waals surface area contributed by atoms with E-state index in [4.69, 9.17) is 9.47 Å². The minimum absolute atomic E-state index is 0.00524. The molecule has 23 heavy (non-hydrogen) atoms. The van der Waals surface area contributed by atoms with E-state index in [1.165, 1.54) is 19.4 Å². The van der Waals surface area contributed by atoms with Gasteiger partial charge in [0.25, 0.3) is 5.91 Å². The molecule has 0 bridgehead atoms. The largest absolute Gasteiger partial charge is 0.504 e. The van der Waals surface area contributed by atoms with Crippen LogP contribution in [0.15, 0.2) is 47.6 Å². The Morgan fingerprint density at radius 1 is 1.26 bits per heavy atom. The van der Waals surface area contributed by atoms with Crippen LogP contribution >= 0.6 is 0 Å². The molecule has 0 aliphatic carbocycles. The van der Waals surface area contributed by atoms with Gasteiger partial charge < -0.3 is 14.6 Å². The van der Waals surface area contributed by atoms with Crippen LogP contribution < -0.4 is 14.9 Å². The smallest absolute Gasteiger partial charge is 0.277 e. The standard InChI is InChI=1S/C17H18N2O4/c1-12-5-3-4-6-15(12)23-11-17(21)19-18-10-13-7-8-16(22-2)14(20)9-13/h3-10,20H,11H2,1-2H3,(H,19,21). The maximum absolute atomic E-state index is 11.7. The van der Waals surface area contributed by atoms with E-state index in [2.05, 4.69) is 10.5 Å². The van der Waals surface area contributed by atoms with Crippen LogP contribution in [0.2, 0.25) is 0 Å². The average Bonchev–Trinajstić information content (AvgIpc) is 2.54. The number of aromatic hydroxyl groups is 1. The zero-order valence-electron chi connectivity index (χ0n) is 12.9. The number of para-hydroxylation sites is 1. The Morgan fingerprint density at radius 2 is 2.04 bits per heavy atom. The molecule has 6 nitrogen and oxygen atoms in total. The van der Waals surface area contributed by atoms with Crippen molar-refractivity contribution < 1.29 is 19.4 Å². The van der Waals surface area contributed by atoms with Crippen molar-refractivity contribution in [2.24, 2.45) is 5.10 Å². The van der Waals surface area contributed by atoms with Crippen molar-refractivity contribution in [2.45, 2.75) is 6.92 Å². The zero-order valence-corrected chi connectivity index (χ0v) is 12.9. The molecule has 0 aliphatic heterocycles. The first-order chi connectivity index (χ1) is 11.1. The molecule has 0 saturated heterocycles. The molecule has 1 amide bonds. The number of hydrogen-bond acceptors (Lipinski definition) is 5. The Hall–Kier alpha value is -3.02. The molecule has 2 N–H and O–H groups in total. The first-order valence-corrected chi connectivity index (χ1v) is 6.97. The summed E-state index contributed by atoms with van der Waals surface area (Å²) < 4.78 is 10.4. The molecular formula is C17H18N2O4. The van der Waals surface area contributed by atoms with Crippen LogP contribution in [0.3, 0.4) is 0 Å². The van der Waals surface area contributed by atoms with E-state index in [0.29, 0.717) is 17.1 Å². The van der Waals surface area contributed by atoms with E-state index in [9.17, 15) is 9.90 Å². The molecule has 0 saturated carbocycles. The van der Waals surface area contributed by atoms with E-state index < -0.39 is 0 Å². The summed E-state index contributed by atoms with van der Waals surface area (Å²) in [6, 6.07) is 12.2. The fourth-order valence-corrected chi connectivity index (χ4v) is 1.86. The van der Waals surface area contributed by atoms with E-state index in [1.807, 2.05) is 25.1 Å². The summed E-state index contributed by atoms with van der Waals surface area (Å²) in [5.41, 5.74) is 3.95. The zero-order chi connectivity index (χ0) is 16.7. The van der Waals surface area contributed by atoms with Crippen LogP contribution in [0, 0.1) is 6.92 Å². The lowest BCUT2D eigenvalue weighted by atomic mass is 10.2. The third-order valence-electron chi connectivity index (χ3n) is 3.06. The van der Waals surface area contributed by atoms with E-state index in [-0.39, 0.29) is 18.3 Å². The second-order valence-corrected chi connectivity index (χ2v) is 4.78. The lowest BCUT2D eigenvalue weighted by Crippen LogP contribution is -2.24. The Bertz CT molecular complexity index is 713. The van der Waals surface area contributed by atoms with Crippen LogP contribution in [0.4, 0.5) is 0 Å². The highest BCUT2D eigenvalue weighted by Gasteiger charge is 2.04. The number of aryl methyl sites for hydroxylation is 1. The molecule has 0 radical (unpaired) electrons. The lowest BCUT2D eigenvalue weighted by Gasteiger charge is -2.07. The number of carbonyl (C=O) groups excluding carboxylic acids is 1. The number of phenols is 1. The van der Waals surface area contributed by atoms with Gasteiger partial charge >= 0.3 is 0 Å². The first-order valence-electron chi connectivity index (χ1n) is 6.97. The molecule has 2 aromatic carbocycles. The normalized spacial score (nSPS) is 10.5.